The highest BCUT2D eigenvalue weighted by Gasteiger charge is 2.30. The topological polar surface area (TPSA) is 64.2 Å². The van der Waals surface area contributed by atoms with Gasteiger partial charge in [-0.3, -0.25) is 9.69 Å². The summed E-state index contributed by atoms with van der Waals surface area (Å²) in [5.74, 6) is 0.524. The summed E-state index contributed by atoms with van der Waals surface area (Å²) >= 11 is 6.02. The molecule has 1 amide bonds. The zero-order chi connectivity index (χ0) is 15.0. The van der Waals surface area contributed by atoms with E-state index in [0.29, 0.717) is 24.7 Å². The van der Waals surface area contributed by atoms with Gasteiger partial charge >= 0.3 is 0 Å². The van der Waals surface area contributed by atoms with E-state index >= 15 is 0 Å². The number of rotatable bonds is 3. The number of hydrogen-bond acceptors (Lipinski definition) is 3. The third-order valence-electron chi connectivity index (χ3n) is 4.05. The molecule has 6 heteroatoms. The quantitative estimate of drug-likeness (QED) is 0.934. The molecule has 0 bridgehead atoms. The third kappa shape index (κ3) is 2.66. The number of primary amides is 1. The Morgan fingerprint density at radius 3 is 2.76 bits per heavy atom. The van der Waals surface area contributed by atoms with Gasteiger partial charge in [0.25, 0.3) is 0 Å². The molecule has 2 heterocycles. The summed E-state index contributed by atoms with van der Waals surface area (Å²) < 4.78 is 1.82. The highest BCUT2D eigenvalue weighted by molar-refractivity contribution is 6.29. The number of nitrogens with two attached hydrogens (primary N) is 1. The SMILES string of the molecule is Cn1c(Cl)cnc1CN1Cc2ccccc2C[C@H]1C(N)=O. The molecule has 1 atom stereocenters. The second-order valence-electron chi connectivity index (χ2n) is 5.35. The van der Waals surface area contributed by atoms with E-state index in [1.165, 1.54) is 11.1 Å². The van der Waals surface area contributed by atoms with Crippen LogP contribution < -0.4 is 5.73 Å². The van der Waals surface area contributed by atoms with E-state index in [4.69, 9.17) is 17.3 Å². The molecule has 0 saturated carbocycles. The van der Waals surface area contributed by atoms with Crippen molar-refractivity contribution in [1.29, 1.82) is 0 Å². The molecule has 1 aromatic heterocycles. The molecule has 2 aromatic rings. The van der Waals surface area contributed by atoms with E-state index in [1.54, 1.807) is 6.20 Å². The zero-order valence-corrected chi connectivity index (χ0v) is 12.5. The van der Waals surface area contributed by atoms with Gasteiger partial charge in [-0.15, -0.1) is 0 Å². The van der Waals surface area contributed by atoms with Crippen LogP contribution in [0.3, 0.4) is 0 Å². The molecule has 0 spiro atoms. The number of hydrogen-bond donors (Lipinski definition) is 1. The highest BCUT2D eigenvalue weighted by Crippen LogP contribution is 2.25. The van der Waals surface area contributed by atoms with Crippen molar-refractivity contribution in [1.82, 2.24) is 14.5 Å². The lowest BCUT2D eigenvalue weighted by Gasteiger charge is -2.34. The summed E-state index contributed by atoms with van der Waals surface area (Å²) in [6.45, 7) is 1.24. The van der Waals surface area contributed by atoms with E-state index < -0.39 is 0 Å². The van der Waals surface area contributed by atoms with Crippen LogP contribution in [0.2, 0.25) is 5.15 Å². The predicted octanol–water partition coefficient (Wildman–Crippen LogP) is 1.49. The fraction of sp³-hybridized carbons (Fsp3) is 0.333. The van der Waals surface area contributed by atoms with Crippen LogP contribution in [-0.4, -0.2) is 26.4 Å². The van der Waals surface area contributed by atoms with Gasteiger partial charge < -0.3 is 10.3 Å². The Morgan fingerprint density at radius 1 is 1.43 bits per heavy atom. The number of halogens is 1. The summed E-state index contributed by atoms with van der Waals surface area (Å²) in [5, 5.41) is 0.582. The van der Waals surface area contributed by atoms with E-state index in [9.17, 15) is 4.79 Å². The van der Waals surface area contributed by atoms with Gasteiger partial charge in [-0.25, -0.2) is 4.98 Å². The molecule has 2 N–H and O–H groups in total. The molecule has 0 saturated heterocycles. The Morgan fingerprint density at radius 2 is 2.14 bits per heavy atom. The number of aromatic nitrogens is 2. The largest absolute Gasteiger partial charge is 0.368 e. The fourth-order valence-electron chi connectivity index (χ4n) is 2.78. The van der Waals surface area contributed by atoms with Gasteiger partial charge in [0.1, 0.15) is 11.0 Å². The van der Waals surface area contributed by atoms with Gasteiger partial charge in [0, 0.05) is 13.6 Å². The summed E-state index contributed by atoms with van der Waals surface area (Å²) in [7, 11) is 1.86. The van der Waals surface area contributed by atoms with Gasteiger partial charge in [0.05, 0.1) is 18.8 Å². The number of carbonyl (C=O) groups excluding carboxylic acids is 1. The minimum atomic E-state index is -0.310. The molecule has 0 radical (unpaired) electrons. The van der Waals surface area contributed by atoms with Crippen molar-refractivity contribution in [2.75, 3.05) is 0 Å². The van der Waals surface area contributed by atoms with Crippen molar-refractivity contribution < 1.29 is 4.79 Å². The van der Waals surface area contributed by atoms with E-state index in [0.717, 1.165) is 5.82 Å². The van der Waals surface area contributed by atoms with E-state index in [1.807, 2.05) is 23.7 Å². The Bertz CT molecular complexity index is 682. The first-order valence-corrected chi connectivity index (χ1v) is 7.20. The monoisotopic (exact) mass is 304 g/mol. The smallest absolute Gasteiger partial charge is 0.235 e. The van der Waals surface area contributed by atoms with Crippen molar-refractivity contribution in [2.24, 2.45) is 12.8 Å². The second-order valence-corrected chi connectivity index (χ2v) is 5.74. The molecular weight excluding hydrogens is 288 g/mol. The van der Waals surface area contributed by atoms with Crippen LogP contribution in [0, 0.1) is 0 Å². The average Bonchev–Trinajstić information content (AvgIpc) is 2.78. The third-order valence-corrected chi connectivity index (χ3v) is 4.40. The highest BCUT2D eigenvalue weighted by atomic mass is 35.5. The van der Waals surface area contributed by atoms with Gasteiger partial charge in [0.2, 0.25) is 5.91 Å². The lowest BCUT2D eigenvalue weighted by atomic mass is 9.93. The molecule has 0 aliphatic carbocycles. The van der Waals surface area contributed by atoms with Crippen LogP contribution in [-0.2, 0) is 31.4 Å². The number of imidazole rings is 1. The number of carbonyl (C=O) groups is 1. The maximum Gasteiger partial charge on any atom is 0.235 e. The van der Waals surface area contributed by atoms with Crippen molar-refractivity contribution in [3.63, 3.8) is 0 Å². The Balaban J connectivity index is 1.89. The summed E-state index contributed by atoms with van der Waals surface area (Å²) in [5.41, 5.74) is 8.00. The van der Waals surface area contributed by atoms with Gasteiger partial charge in [0.15, 0.2) is 0 Å². The molecule has 0 fully saturated rings. The van der Waals surface area contributed by atoms with Crippen molar-refractivity contribution >= 4 is 17.5 Å². The minimum Gasteiger partial charge on any atom is -0.368 e. The van der Waals surface area contributed by atoms with Crippen molar-refractivity contribution in [3.05, 3.63) is 52.6 Å². The molecule has 1 aliphatic heterocycles. The normalized spacial score (nSPS) is 18.5. The minimum absolute atomic E-state index is 0.301. The molecule has 0 unspecified atom stereocenters. The maximum atomic E-state index is 11.8. The number of nitrogens with zero attached hydrogens (tertiary/aromatic N) is 3. The Kier molecular flexibility index (Phi) is 3.69. The standard InChI is InChI=1S/C15H17ClN4O/c1-19-13(16)7-18-14(19)9-20-8-11-5-3-2-4-10(11)6-12(20)15(17)21/h2-5,7,12H,6,8-9H2,1H3,(H2,17,21)/t12-/m0/s1. The Labute approximate surface area is 128 Å². The van der Waals surface area contributed by atoms with Crippen LogP contribution in [0.15, 0.2) is 30.5 Å². The molecule has 5 nitrogen and oxygen atoms in total. The first-order valence-electron chi connectivity index (χ1n) is 6.82. The molecule has 1 aromatic carbocycles. The van der Waals surface area contributed by atoms with E-state index in [-0.39, 0.29) is 11.9 Å². The maximum absolute atomic E-state index is 11.8. The summed E-state index contributed by atoms with van der Waals surface area (Å²) in [4.78, 5) is 18.1. The molecular formula is C15H17ClN4O. The van der Waals surface area contributed by atoms with Crippen LogP contribution in [0.4, 0.5) is 0 Å². The molecule has 1 aliphatic rings. The fourth-order valence-corrected chi connectivity index (χ4v) is 2.92. The average molecular weight is 305 g/mol. The van der Waals surface area contributed by atoms with Gasteiger partial charge in [-0.2, -0.15) is 0 Å². The van der Waals surface area contributed by atoms with Crippen LogP contribution in [0.1, 0.15) is 17.0 Å². The first kappa shape index (κ1) is 14.1. The van der Waals surface area contributed by atoms with Crippen molar-refractivity contribution in [3.8, 4) is 0 Å². The van der Waals surface area contributed by atoms with Gasteiger partial charge in [-0.05, 0) is 17.5 Å². The molecule has 21 heavy (non-hydrogen) atoms. The molecule has 3 rings (SSSR count). The number of benzene rings is 1. The van der Waals surface area contributed by atoms with Crippen LogP contribution in [0.25, 0.3) is 0 Å². The predicted molar refractivity (Wildman–Crippen MR) is 80.6 cm³/mol. The zero-order valence-electron chi connectivity index (χ0n) is 11.8. The van der Waals surface area contributed by atoms with Crippen LogP contribution in [0.5, 0.6) is 0 Å². The van der Waals surface area contributed by atoms with E-state index in [2.05, 4.69) is 22.0 Å². The lowest BCUT2D eigenvalue weighted by Crippen LogP contribution is -2.48. The number of amides is 1. The van der Waals surface area contributed by atoms with Crippen molar-refractivity contribution in [2.45, 2.75) is 25.6 Å². The Hall–Kier alpha value is -1.85. The van der Waals surface area contributed by atoms with Crippen LogP contribution >= 0.6 is 11.6 Å². The number of fused-ring (bicyclic) bond motifs is 1. The summed E-state index contributed by atoms with van der Waals surface area (Å²) in [6, 6.07) is 7.84. The summed E-state index contributed by atoms with van der Waals surface area (Å²) in [6.07, 6.45) is 2.26. The lowest BCUT2D eigenvalue weighted by molar-refractivity contribution is -0.124. The first-order chi connectivity index (χ1) is 10.1. The van der Waals surface area contributed by atoms with Gasteiger partial charge in [-0.1, -0.05) is 35.9 Å². The second kappa shape index (κ2) is 5.50. The molecule has 110 valence electrons.